The third-order valence-corrected chi connectivity index (χ3v) is 11.2. The maximum Gasteiger partial charge on any atom is 0.229 e. The monoisotopic (exact) mass is 449 g/mol. The topological polar surface area (TPSA) is 64.1 Å². The smallest absolute Gasteiger partial charge is 0.229 e. The maximum absolute atomic E-state index is 10.7. The molecule has 0 unspecified atom stereocenters. The first kappa shape index (κ1) is 20.7. The second kappa shape index (κ2) is 7.19. The van der Waals surface area contributed by atoms with E-state index in [1.807, 2.05) is 6.20 Å². The van der Waals surface area contributed by atoms with Gasteiger partial charge in [-0.3, -0.25) is 4.68 Å². The molecule has 5 fully saturated rings. The van der Waals surface area contributed by atoms with E-state index in [-0.39, 0.29) is 0 Å². The lowest BCUT2D eigenvalue weighted by Crippen LogP contribution is -2.51. The molecule has 5 aliphatic carbocycles. The van der Waals surface area contributed by atoms with Crippen LogP contribution >= 0.6 is 0 Å². The summed E-state index contributed by atoms with van der Waals surface area (Å²) >= 11 is 0. The minimum Gasteiger partial charge on any atom is -0.444 e. The minimum atomic E-state index is -0.406. The molecule has 0 aliphatic heterocycles. The van der Waals surface area contributed by atoms with E-state index < -0.39 is 5.60 Å². The fourth-order valence-corrected chi connectivity index (χ4v) is 9.97. The van der Waals surface area contributed by atoms with E-state index in [4.69, 9.17) is 4.42 Å². The van der Waals surface area contributed by atoms with E-state index in [1.165, 1.54) is 44.9 Å². The minimum absolute atomic E-state index is 0.406. The average Bonchev–Trinajstić information content (AvgIpc) is 3.15. The van der Waals surface area contributed by atoms with Crippen LogP contribution in [0.3, 0.4) is 0 Å². The molecule has 0 amide bonds. The summed E-state index contributed by atoms with van der Waals surface area (Å²) in [4.78, 5) is 4.26. The van der Waals surface area contributed by atoms with Gasteiger partial charge in [-0.25, -0.2) is 4.98 Å². The highest BCUT2D eigenvalue weighted by Gasteiger charge is 2.68. The second-order valence-electron chi connectivity index (χ2n) is 12.9. The largest absolute Gasteiger partial charge is 0.444 e. The van der Waals surface area contributed by atoms with Crippen molar-refractivity contribution in [3.63, 3.8) is 0 Å². The molecule has 2 heterocycles. The quantitative estimate of drug-likeness (QED) is 0.640. The number of rotatable bonds is 4. The van der Waals surface area contributed by atoms with Crippen molar-refractivity contribution in [1.82, 2.24) is 14.8 Å². The zero-order chi connectivity index (χ0) is 22.4. The van der Waals surface area contributed by atoms with Gasteiger partial charge in [0.05, 0.1) is 23.6 Å². The molecule has 0 bridgehead atoms. The van der Waals surface area contributed by atoms with Crippen molar-refractivity contribution in [2.45, 2.75) is 83.8 Å². The Bertz CT molecular complexity index is 1010. The van der Waals surface area contributed by atoms with Crippen molar-refractivity contribution >= 4 is 0 Å². The van der Waals surface area contributed by atoms with E-state index >= 15 is 0 Å². The molecule has 5 nitrogen and oxygen atoms in total. The van der Waals surface area contributed by atoms with Crippen molar-refractivity contribution in [2.24, 2.45) is 52.8 Å². The predicted molar refractivity (Wildman–Crippen MR) is 126 cm³/mol. The summed E-state index contributed by atoms with van der Waals surface area (Å²) < 4.78 is 7.55. The van der Waals surface area contributed by atoms with Gasteiger partial charge in [-0.2, -0.15) is 5.10 Å². The summed E-state index contributed by atoms with van der Waals surface area (Å²) in [5.41, 5.74) is 1.10. The standard InChI is InChI=1S/C28H39N3O2/c1-27(32)8-5-19-17(14-27)3-4-21-20(19)6-9-28(2)24(22-13-23(22)25(21)28)7-11-31-16-18(15-30-31)26-29-10-12-33-26/h10,12,15-17,19-25,32H,3-9,11,13-14H2,1-2H3/t17-,19+,20-,21-,22+,23-,24+,25-,27-,28+/m1/s1. The molecular weight excluding hydrogens is 410 g/mol. The van der Waals surface area contributed by atoms with Crippen LogP contribution in [-0.4, -0.2) is 25.5 Å². The van der Waals surface area contributed by atoms with Gasteiger partial charge in [-0.1, -0.05) is 6.92 Å². The highest BCUT2D eigenvalue weighted by atomic mass is 16.3. The van der Waals surface area contributed by atoms with E-state index in [9.17, 15) is 5.11 Å². The molecule has 0 spiro atoms. The van der Waals surface area contributed by atoms with Gasteiger partial charge in [0.15, 0.2) is 0 Å². The first-order valence-corrected chi connectivity index (χ1v) is 13.6. The van der Waals surface area contributed by atoms with Crippen LogP contribution in [0.15, 0.2) is 29.3 Å². The molecule has 10 atom stereocenters. The summed E-state index contributed by atoms with van der Waals surface area (Å²) in [6.45, 7) is 5.76. The lowest BCUT2D eigenvalue weighted by molar-refractivity contribution is -0.107. The van der Waals surface area contributed by atoms with Crippen LogP contribution in [0.4, 0.5) is 0 Å². The van der Waals surface area contributed by atoms with Gasteiger partial charge < -0.3 is 9.52 Å². The van der Waals surface area contributed by atoms with Crippen LogP contribution in [0.5, 0.6) is 0 Å². The molecule has 33 heavy (non-hydrogen) atoms. The molecule has 0 saturated heterocycles. The molecule has 2 aromatic heterocycles. The Morgan fingerprint density at radius 2 is 1.94 bits per heavy atom. The highest BCUT2D eigenvalue weighted by Crippen LogP contribution is 2.75. The lowest BCUT2D eigenvalue weighted by Gasteiger charge is -2.58. The molecule has 2 aromatic rings. The first-order valence-electron chi connectivity index (χ1n) is 13.6. The van der Waals surface area contributed by atoms with E-state index in [1.54, 1.807) is 12.5 Å². The number of aromatic nitrogens is 3. The number of aliphatic hydroxyl groups is 1. The van der Waals surface area contributed by atoms with E-state index in [0.717, 1.165) is 72.3 Å². The summed E-state index contributed by atoms with van der Waals surface area (Å²) in [6, 6.07) is 0. The van der Waals surface area contributed by atoms with Crippen molar-refractivity contribution in [3.8, 4) is 11.5 Å². The van der Waals surface area contributed by atoms with Crippen LogP contribution in [-0.2, 0) is 6.54 Å². The number of aryl methyl sites for hydroxylation is 1. The third kappa shape index (κ3) is 3.20. The molecule has 0 aromatic carbocycles. The fraction of sp³-hybridized carbons (Fsp3) is 0.786. The molecule has 5 heteroatoms. The van der Waals surface area contributed by atoms with Gasteiger partial charge in [0.2, 0.25) is 5.89 Å². The molecule has 178 valence electrons. The van der Waals surface area contributed by atoms with Crippen molar-refractivity contribution in [1.29, 1.82) is 0 Å². The number of hydrogen-bond donors (Lipinski definition) is 1. The first-order chi connectivity index (χ1) is 15.9. The van der Waals surface area contributed by atoms with Crippen molar-refractivity contribution < 1.29 is 9.52 Å². The van der Waals surface area contributed by atoms with E-state index in [0.29, 0.717) is 11.3 Å². The molecule has 1 N–H and O–H groups in total. The normalized spacial score (nSPS) is 48.0. The number of fused-ring (bicyclic) bond motifs is 7. The van der Waals surface area contributed by atoms with Gasteiger partial charge in [0, 0.05) is 12.7 Å². The van der Waals surface area contributed by atoms with Crippen molar-refractivity contribution in [3.05, 3.63) is 24.9 Å². The number of nitrogens with zero attached hydrogens (tertiary/aromatic N) is 3. The van der Waals surface area contributed by atoms with E-state index in [2.05, 4.69) is 34.8 Å². The highest BCUT2D eigenvalue weighted by molar-refractivity contribution is 5.49. The SMILES string of the molecule is C[C@@]1(O)CC[C@H]2[C@H](CC[C@@H]3[C@@H]2CC[C@]2(C)[C@H]3[C@@H]3C[C@@H]3[C@@H]2CCn2cc(-c3ncco3)cn2)C1. The Balaban J connectivity index is 1.06. The lowest BCUT2D eigenvalue weighted by atomic mass is 9.48. The van der Waals surface area contributed by atoms with Gasteiger partial charge in [-0.15, -0.1) is 0 Å². The Hall–Kier alpha value is -1.62. The molecular formula is C28H39N3O2. The maximum atomic E-state index is 10.7. The van der Waals surface area contributed by atoms with Crippen LogP contribution < -0.4 is 0 Å². The molecule has 0 radical (unpaired) electrons. The summed E-state index contributed by atoms with van der Waals surface area (Å²) in [7, 11) is 0. The summed E-state index contributed by atoms with van der Waals surface area (Å²) in [5.74, 6) is 7.99. The molecule has 7 rings (SSSR count). The zero-order valence-electron chi connectivity index (χ0n) is 20.2. The van der Waals surface area contributed by atoms with Gasteiger partial charge in [0.1, 0.15) is 6.26 Å². The fourth-order valence-electron chi connectivity index (χ4n) is 9.97. The molecule has 5 saturated carbocycles. The van der Waals surface area contributed by atoms with Gasteiger partial charge >= 0.3 is 0 Å². The molecule has 5 aliphatic rings. The average molecular weight is 450 g/mol. The Morgan fingerprint density at radius 3 is 2.79 bits per heavy atom. The Kier molecular flexibility index (Phi) is 4.52. The number of hydrogen-bond acceptors (Lipinski definition) is 4. The van der Waals surface area contributed by atoms with Crippen LogP contribution in [0.25, 0.3) is 11.5 Å². The second-order valence-corrected chi connectivity index (χ2v) is 12.9. The Morgan fingerprint density at radius 1 is 1.06 bits per heavy atom. The summed E-state index contributed by atoms with van der Waals surface area (Å²) in [5, 5.41) is 15.3. The zero-order valence-corrected chi connectivity index (χ0v) is 20.2. The van der Waals surface area contributed by atoms with Crippen LogP contribution in [0, 0.1) is 52.8 Å². The number of oxazole rings is 1. The predicted octanol–water partition coefficient (Wildman–Crippen LogP) is 5.80. The van der Waals surface area contributed by atoms with Gasteiger partial charge in [-0.05, 0) is 117 Å². The third-order valence-electron chi connectivity index (χ3n) is 11.2. The van der Waals surface area contributed by atoms with Crippen LogP contribution in [0.2, 0.25) is 0 Å². The van der Waals surface area contributed by atoms with Crippen LogP contribution in [0.1, 0.15) is 71.6 Å². The van der Waals surface area contributed by atoms with Gasteiger partial charge in [0.25, 0.3) is 0 Å². The van der Waals surface area contributed by atoms with Crippen molar-refractivity contribution in [2.75, 3.05) is 0 Å². The Labute approximate surface area is 197 Å². The summed E-state index contributed by atoms with van der Waals surface area (Å²) in [6.07, 6.45) is 19.0.